The Labute approximate surface area is 193 Å². The molecule has 1 amide bonds. The second-order valence-corrected chi connectivity index (χ2v) is 9.75. The van der Waals surface area contributed by atoms with E-state index in [4.69, 9.17) is 0 Å². The molecule has 0 saturated heterocycles. The summed E-state index contributed by atoms with van der Waals surface area (Å²) in [7, 11) is -1.84. The van der Waals surface area contributed by atoms with Crippen LogP contribution in [0.25, 0.3) is 0 Å². The number of esters is 2. The zero-order chi connectivity index (χ0) is 23.8. The van der Waals surface area contributed by atoms with Crippen LogP contribution >= 0.6 is 15.9 Å². The number of anilines is 2. The first-order valence-corrected chi connectivity index (χ1v) is 11.7. The number of ether oxygens (including phenoxy) is 2. The van der Waals surface area contributed by atoms with Gasteiger partial charge in [-0.3, -0.25) is 9.52 Å². The quantitative estimate of drug-likeness (QED) is 0.596. The van der Waals surface area contributed by atoms with Gasteiger partial charge in [0.2, 0.25) is 5.91 Å². The Bertz CT molecular complexity index is 1190. The van der Waals surface area contributed by atoms with Crippen LogP contribution in [-0.2, 0) is 30.7 Å². The van der Waals surface area contributed by atoms with Gasteiger partial charge in [-0.05, 0) is 65.2 Å². The molecule has 11 heteroatoms. The first-order valence-electron chi connectivity index (χ1n) is 9.45. The largest absolute Gasteiger partial charge is 0.465 e. The molecular weight excluding hydrogens is 504 g/mol. The Balaban J connectivity index is 2.06. The van der Waals surface area contributed by atoms with Gasteiger partial charge >= 0.3 is 11.9 Å². The van der Waals surface area contributed by atoms with Gasteiger partial charge in [0.05, 0.1) is 31.0 Å². The molecule has 1 aliphatic heterocycles. The first kappa shape index (κ1) is 23.7. The van der Waals surface area contributed by atoms with E-state index in [0.29, 0.717) is 16.6 Å². The molecule has 9 nitrogen and oxygen atoms in total. The van der Waals surface area contributed by atoms with Gasteiger partial charge in [0, 0.05) is 23.1 Å². The average Bonchev–Trinajstić information content (AvgIpc) is 3.05. The standard InChI is InChI=1S/C21H21BrN2O7S/c1-11-5-13-9-17(22)19(10-18(13)24(11)12(2)25)32(28,29)23-16-7-14(20(26)30-3)6-15(8-16)21(27)31-4/h6-11,23H,5H2,1-4H3. The number of hydrogen-bond donors (Lipinski definition) is 1. The lowest BCUT2D eigenvalue weighted by atomic mass is 10.1. The summed E-state index contributed by atoms with van der Waals surface area (Å²) in [6.07, 6.45) is 0.602. The van der Waals surface area contributed by atoms with Crippen molar-refractivity contribution in [2.75, 3.05) is 23.8 Å². The first-order chi connectivity index (χ1) is 15.0. The van der Waals surface area contributed by atoms with Gasteiger partial charge in [0.1, 0.15) is 4.90 Å². The van der Waals surface area contributed by atoms with Gasteiger partial charge in [0.15, 0.2) is 0 Å². The van der Waals surface area contributed by atoms with Crippen LogP contribution in [0.4, 0.5) is 11.4 Å². The van der Waals surface area contributed by atoms with Crippen LogP contribution in [-0.4, -0.2) is 46.5 Å². The Hall–Kier alpha value is -2.92. The summed E-state index contributed by atoms with van der Waals surface area (Å²) in [5, 5.41) is 0. The smallest absolute Gasteiger partial charge is 0.337 e. The van der Waals surface area contributed by atoms with Gasteiger partial charge in [-0.15, -0.1) is 0 Å². The van der Waals surface area contributed by atoms with Crippen molar-refractivity contribution in [1.29, 1.82) is 0 Å². The number of halogens is 1. The topological polar surface area (TPSA) is 119 Å². The zero-order valence-electron chi connectivity index (χ0n) is 17.8. The Morgan fingerprint density at radius 2 is 1.59 bits per heavy atom. The van der Waals surface area contributed by atoms with Crippen molar-refractivity contribution in [3.05, 3.63) is 51.5 Å². The third kappa shape index (κ3) is 4.49. The maximum Gasteiger partial charge on any atom is 0.337 e. The number of sulfonamides is 1. The number of carbonyl (C=O) groups is 3. The van der Waals surface area contributed by atoms with Gasteiger partial charge in [0.25, 0.3) is 10.0 Å². The maximum atomic E-state index is 13.2. The highest BCUT2D eigenvalue weighted by atomic mass is 79.9. The van der Waals surface area contributed by atoms with E-state index < -0.39 is 22.0 Å². The van der Waals surface area contributed by atoms with E-state index in [1.54, 1.807) is 11.0 Å². The van der Waals surface area contributed by atoms with Crippen LogP contribution in [0.1, 0.15) is 40.1 Å². The van der Waals surface area contributed by atoms with E-state index in [1.165, 1.54) is 45.4 Å². The number of amides is 1. The molecule has 0 spiro atoms. The molecule has 170 valence electrons. The van der Waals surface area contributed by atoms with Crippen LogP contribution < -0.4 is 9.62 Å². The second kappa shape index (κ2) is 8.91. The minimum atomic E-state index is -4.17. The predicted molar refractivity (Wildman–Crippen MR) is 120 cm³/mol. The number of carbonyl (C=O) groups excluding carboxylic acids is 3. The molecule has 3 rings (SSSR count). The fourth-order valence-electron chi connectivity index (χ4n) is 3.67. The highest BCUT2D eigenvalue weighted by Gasteiger charge is 2.32. The van der Waals surface area contributed by atoms with E-state index in [9.17, 15) is 22.8 Å². The highest BCUT2D eigenvalue weighted by Crippen LogP contribution is 2.38. The highest BCUT2D eigenvalue weighted by molar-refractivity contribution is 9.10. The summed E-state index contributed by atoms with van der Waals surface area (Å²) in [5.74, 6) is -1.69. The van der Waals surface area contributed by atoms with Crippen molar-refractivity contribution in [3.8, 4) is 0 Å². The molecule has 0 aromatic heterocycles. The SMILES string of the molecule is COC(=O)c1cc(NS(=O)(=O)c2cc3c(cc2Br)CC(C)N3C(C)=O)cc(C(=O)OC)c1. The number of benzene rings is 2. The number of nitrogens with one attached hydrogen (secondary N) is 1. The summed E-state index contributed by atoms with van der Waals surface area (Å²) < 4.78 is 38.5. The van der Waals surface area contributed by atoms with Gasteiger partial charge < -0.3 is 14.4 Å². The molecule has 1 atom stereocenters. The lowest BCUT2D eigenvalue weighted by molar-refractivity contribution is -0.116. The molecule has 32 heavy (non-hydrogen) atoms. The van der Waals surface area contributed by atoms with Gasteiger partial charge in [-0.1, -0.05) is 0 Å². The molecule has 0 bridgehead atoms. The summed E-state index contributed by atoms with van der Waals surface area (Å²) >= 11 is 3.30. The van der Waals surface area contributed by atoms with Crippen LogP contribution in [0, 0.1) is 0 Å². The van der Waals surface area contributed by atoms with E-state index in [0.717, 1.165) is 5.56 Å². The summed E-state index contributed by atoms with van der Waals surface area (Å²) in [4.78, 5) is 37.5. The Morgan fingerprint density at radius 1 is 1.03 bits per heavy atom. The minimum Gasteiger partial charge on any atom is -0.465 e. The van der Waals surface area contributed by atoms with Crippen LogP contribution in [0.15, 0.2) is 39.7 Å². The maximum absolute atomic E-state index is 13.2. The normalized spacial score (nSPS) is 15.2. The van der Waals surface area contributed by atoms with Crippen molar-refractivity contribution < 1.29 is 32.3 Å². The lowest BCUT2D eigenvalue weighted by Gasteiger charge is -2.21. The molecule has 1 N–H and O–H groups in total. The average molecular weight is 525 g/mol. The molecule has 0 saturated carbocycles. The molecule has 1 unspecified atom stereocenters. The summed E-state index contributed by atoms with van der Waals surface area (Å²) in [6, 6.07) is 6.75. The number of methoxy groups -OCH3 is 2. The molecular formula is C21H21BrN2O7S. The molecule has 1 aliphatic rings. The number of nitrogens with zero attached hydrogens (tertiary/aromatic N) is 1. The third-order valence-electron chi connectivity index (χ3n) is 5.00. The molecule has 0 fully saturated rings. The fourth-order valence-corrected chi connectivity index (χ4v) is 5.82. The van der Waals surface area contributed by atoms with Crippen molar-refractivity contribution in [2.45, 2.75) is 31.2 Å². The van der Waals surface area contributed by atoms with E-state index >= 15 is 0 Å². The van der Waals surface area contributed by atoms with Crippen molar-refractivity contribution in [3.63, 3.8) is 0 Å². The zero-order valence-corrected chi connectivity index (χ0v) is 20.2. The molecule has 0 aliphatic carbocycles. The number of rotatable bonds is 5. The fraction of sp³-hybridized carbons (Fsp3) is 0.286. The number of fused-ring (bicyclic) bond motifs is 1. The van der Waals surface area contributed by atoms with Crippen molar-refractivity contribution in [2.24, 2.45) is 0 Å². The Morgan fingerprint density at radius 3 is 2.09 bits per heavy atom. The van der Waals surface area contributed by atoms with E-state index in [2.05, 4.69) is 30.1 Å². The predicted octanol–water partition coefficient (Wildman–Crippen LogP) is 3.12. The summed E-state index contributed by atoms with van der Waals surface area (Å²) in [5.41, 5.74) is 1.28. The Kier molecular flexibility index (Phi) is 6.61. The number of hydrogen-bond acceptors (Lipinski definition) is 7. The lowest BCUT2D eigenvalue weighted by Crippen LogP contribution is -2.33. The van der Waals surface area contributed by atoms with Crippen LogP contribution in [0.5, 0.6) is 0 Å². The van der Waals surface area contributed by atoms with E-state index in [-0.39, 0.29) is 33.7 Å². The molecule has 2 aromatic carbocycles. The molecule has 1 heterocycles. The summed E-state index contributed by atoms with van der Waals surface area (Å²) in [6.45, 7) is 3.31. The second-order valence-electron chi connectivity index (χ2n) is 7.24. The van der Waals surface area contributed by atoms with Gasteiger partial charge in [-0.2, -0.15) is 0 Å². The molecule has 0 radical (unpaired) electrons. The third-order valence-corrected chi connectivity index (χ3v) is 7.34. The van der Waals surface area contributed by atoms with Crippen LogP contribution in [0.2, 0.25) is 0 Å². The monoisotopic (exact) mass is 524 g/mol. The van der Waals surface area contributed by atoms with Crippen molar-refractivity contribution in [1.82, 2.24) is 0 Å². The minimum absolute atomic E-state index is 0.0299. The van der Waals surface area contributed by atoms with Gasteiger partial charge in [-0.25, -0.2) is 18.0 Å². The van der Waals surface area contributed by atoms with Crippen LogP contribution in [0.3, 0.4) is 0 Å². The van der Waals surface area contributed by atoms with Crippen molar-refractivity contribution >= 4 is 55.2 Å². The van der Waals surface area contributed by atoms with E-state index in [1.807, 2.05) is 6.92 Å². The molecule has 2 aromatic rings.